The van der Waals surface area contributed by atoms with Crippen LogP contribution in [0.3, 0.4) is 0 Å². The lowest BCUT2D eigenvalue weighted by molar-refractivity contribution is 0.0537. The van der Waals surface area contributed by atoms with Crippen LogP contribution in [0.5, 0.6) is 5.88 Å². The number of carbonyl (C=O) groups is 1. The number of ketones is 1. The van der Waals surface area contributed by atoms with Crippen LogP contribution in [0.25, 0.3) is 0 Å². The highest BCUT2D eigenvalue weighted by Crippen LogP contribution is 2.07. The Morgan fingerprint density at radius 1 is 1.24 bits per heavy atom. The van der Waals surface area contributed by atoms with Gasteiger partial charge in [-0.2, -0.15) is 0 Å². The number of ether oxygens (including phenoxy) is 3. The van der Waals surface area contributed by atoms with E-state index in [0.29, 0.717) is 37.9 Å². The number of hydrogen-bond acceptors (Lipinski definition) is 5. The fourth-order valence-corrected chi connectivity index (χ4v) is 1.12. The predicted molar refractivity (Wildman–Crippen MR) is 62.4 cm³/mol. The summed E-state index contributed by atoms with van der Waals surface area (Å²) in [6.45, 7) is 3.54. The molecule has 17 heavy (non-hydrogen) atoms. The molecule has 0 aliphatic carbocycles. The fourth-order valence-electron chi connectivity index (χ4n) is 1.12. The molecule has 5 nitrogen and oxygen atoms in total. The van der Waals surface area contributed by atoms with Crippen molar-refractivity contribution in [3.05, 3.63) is 23.9 Å². The maximum atomic E-state index is 11.0. The minimum absolute atomic E-state index is 0.00745. The highest BCUT2D eigenvalue weighted by atomic mass is 16.5. The lowest BCUT2D eigenvalue weighted by Gasteiger charge is -2.06. The number of carbonyl (C=O) groups excluding carboxylic acids is 1. The quantitative estimate of drug-likeness (QED) is 0.506. The van der Waals surface area contributed by atoms with E-state index in [4.69, 9.17) is 14.2 Å². The highest BCUT2D eigenvalue weighted by molar-refractivity contribution is 5.93. The van der Waals surface area contributed by atoms with E-state index >= 15 is 0 Å². The Kier molecular flexibility index (Phi) is 6.21. The van der Waals surface area contributed by atoms with Crippen LogP contribution in [0.4, 0.5) is 0 Å². The molecule has 1 rings (SSSR count). The molecule has 0 saturated heterocycles. The van der Waals surface area contributed by atoms with Gasteiger partial charge in [0.25, 0.3) is 0 Å². The molecule has 0 saturated carbocycles. The summed E-state index contributed by atoms with van der Waals surface area (Å²) in [5.41, 5.74) is 0.577. The second-order valence-corrected chi connectivity index (χ2v) is 3.39. The molecule has 0 atom stereocenters. The summed E-state index contributed by atoms with van der Waals surface area (Å²) in [6.07, 6.45) is 1.50. The third-order valence-corrected chi connectivity index (χ3v) is 2.05. The number of aromatic nitrogens is 1. The zero-order valence-corrected chi connectivity index (χ0v) is 10.1. The number of methoxy groups -OCH3 is 1. The average Bonchev–Trinajstić information content (AvgIpc) is 2.34. The topological polar surface area (TPSA) is 57.7 Å². The van der Waals surface area contributed by atoms with Gasteiger partial charge in [0.05, 0.1) is 19.8 Å². The Hall–Kier alpha value is -1.46. The Morgan fingerprint density at radius 2 is 2.00 bits per heavy atom. The normalized spacial score (nSPS) is 10.2. The Labute approximate surface area is 101 Å². The van der Waals surface area contributed by atoms with Gasteiger partial charge in [-0.15, -0.1) is 0 Å². The van der Waals surface area contributed by atoms with Crippen LogP contribution >= 0.6 is 0 Å². The van der Waals surface area contributed by atoms with Gasteiger partial charge in [-0.3, -0.25) is 4.79 Å². The van der Waals surface area contributed by atoms with E-state index in [1.807, 2.05) is 0 Å². The molecule has 0 radical (unpaired) electrons. The minimum Gasteiger partial charge on any atom is -0.475 e. The summed E-state index contributed by atoms with van der Waals surface area (Å²) in [7, 11) is 1.63. The minimum atomic E-state index is -0.00745. The van der Waals surface area contributed by atoms with E-state index < -0.39 is 0 Å². The molecule has 0 bridgehead atoms. The van der Waals surface area contributed by atoms with Crippen molar-refractivity contribution in [1.82, 2.24) is 4.98 Å². The molecule has 1 aromatic heterocycles. The lowest BCUT2D eigenvalue weighted by atomic mass is 10.2. The molecule has 0 aliphatic heterocycles. The number of rotatable bonds is 8. The highest BCUT2D eigenvalue weighted by Gasteiger charge is 2.00. The monoisotopic (exact) mass is 239 g/mol. The second kappa shape index (κ2) is 7.76. The van der Waals surface area contributed by atoms with Gasteiger partial charge in [-0.1, -0.05) is 0 Å². The standard InChI is InChI=1S/C12H17NO4/c1-10(14)11-3-4-12(13-9-11)17-8-7-16-6-5-15-2/h3-4,9H,5-8H2,1-2H3. The van der Waals surface area contributed by atoms with Crippen molar-refractivity contribution in [3.8, 4) is 5.88 Å². The Morgan fingerprint density at radius 3 is 2.59 bits per heavy atom. The van der Waals surface area contributed by atoms with Crippen molar-refractivity contribution in [3.63, 3.8) is 0 Å². The molecular formula is C12H17NO4. The molecule has 0 N–H and O–H groups in total. The van der Waals surface area contributed by atoms with Gasteiger partial charge in [0, 0.05) is 24.9 Å². The third kappa shape index (κ3) is 5.42. The van der Waals surface area contributed by atoms with E-state index in [1.54, 1.807) is 19.2 Å². The molecule has 0 spiro atoms. The summed E-state index contributed by atoms with van der Waals surface area (Å²) in [5, 5.41) is 0. The van der Waals surface area contributed by atoms with Crippen LogP contribution in [0, 0.1) is 0 Å². The van der Waals surface area contributed by atoms with Gasteiger partial charge in [0.1, 0.15) is 6.61 Å². The molecule has 0 aromatic carbocycles. The van der Waals surface area contributed by atoms with Crippen molar-refractivity contribution < 1.29 is 19.0 Å². The first kappa shape index (κ1) is 13.6. The fraction of sp³-hybridized carbons (Fsp3) is 0.500. The van der Waals surface area contributed by atoms with Crippen LogP contribution in [0.1, 0.15) is 17.3 Å². The second-order valence-electron chi connectivity index (χ2n) is 3.39. The molecule has 0 unspecified atom stereocenters. The van der Waals surface area contributed by atoms with Gasteiger partial charge in [0.15, 0.2) is 5.78 Å². The molecule has 94 valence electrons. The van der Waals surface area contributed by atoms with Crippen molar-refractivity contribution in [2.24, 2.45) is 0 Å². The van der Waals surface area contributed by atoms with Crippen LogP contribution in [-0.4, -0.2) is 44.3 Å². The van der Waals surface area contributed by atoms with Gasteiger partial charge in [-0.25, -0.2) is 4.98 Å². The van der Waals surface area contributed by atoms with Crippen molar-refractivity contribution >= 4 is 5.78 Å². The average molecular weight is 239 g/mol. The summed E-state index contributed by atoms with van der Waals surface area (Å²) in [4.78, 5) is 15.0. The largest absolute Gasteiger partial charge is 0.475 e. The summed E-state index contributed by atoms with van der Waals surface area (Å²) >= 11 is 0. The molecule has 0 amide bonds. The molecule has 0 fully saturated rings. The summed E-state index contributed by atoms with van der Waals surface area (Å²) < 4.78 is 15.4. The van der Waals surface area contributed by atoms with E-state index in [-0.39, 0.29) is 5.78 Å². The van der Waals surface area contributed by atoms with E-state index in [0.717, 1.165) is 0 Å². The van der Waals surface area contributed by atoms with Crippen LogP contribution in [0.15, 0.2) is 18.3 Å². The van der Waals surface area contributed by atoms with E-state index in [9.17, 15) is 4.79 Å². The summed E-state index contributed by atoms with van der Waals surface area (Å²) in [5.74, 6) is 0.484. The Bertz CT molecular complexity index is 337. The number of Topliss-reactive ketones (excluding diaryl/α,β-unsaturated/α-hetero) is 1. The Balaban J connectivity index is 2.21. The number of pyridine rings is 1. The van der Waals surface area contributed by atoms with Crippen molar-refractivity contribution in [1.29, 1.82) is 0 Å². The van der Waals surface area contributed by atoms with Gasteiger partial charge in [-0.05, 0) is 13.0 Å². The third-order valence-electron chi connectivity index (χ3n) is 2.05. The first-order valence-electron chi connectivity index (χ1n) is 5.40. The first-order chi connectivity index (χ1) is 8.24. The molecule has 1 aromatic rings. The number of hydrogen-bond donors (Lipinski definition) is 0. The molecular weight excluding hydrogens is 222 g/mol. The van der Waals surface area contributed by atoms with Crippen LogP contribution in [0.2, 0.25) is 0 Å². The van der Waals surface area contributed by atoms with Crippen molar-refractivity contribution in [2.75, 3.05) is 33.5 Å². The molecule has 5 heteroatoms. The zero-order chi connectivity index (χ0) is 12.5. The lowest BCUT2D eigenvalue weighted by Crippen LogP contribution is -2.10. The smallest absolute Gasteiger partial charge is 0.213 e. The van der Waals surface area contributed by atoms with Crippen LogP contribution < -0.4 is 4.74 Å². The predicted octanol–water partition coefficient (Wildman–Crippen LogP) is 1.33. The maximum absolute atomic E-state index is 11.0. The van der Waals surface area contributed by atoms with Gasteiger partial charge < -0.3 is 14.2 Å². The number of nitrogens with zero attached hydrogens (tertiary/aromatic N) is 1. The zero-order valence-electron chi connectivity index (χ0n) is 10.1. The first-order valence-corrected chi connectivity index (χ1v) is 5.40. The van der Waals surface area contributed by atoms with E-state index in [1.165, 1.54) is 13.1 Å². The van der Waals surface area contributed by atoms with Crippen molar-refractivity contribution in [2.45, 2.75) is 6.92 Å². The SMILES string of the molecule is COCCOCCOc1ccc(C(C)=O)cn1. The maximum Gasteiger partial charge on any atom is 0.213 e. The molecule has 0 aliphatic rings. The van der Waals surface area contributed by atoms with Gasteiger partial charge >= 0.3 is 0 Å². The molecule has 1 heterocycles. The van der Waals surface area contributed by atoms with Gasteiger partial charge in [0.2, 0.25) is 5.88 Å². The van der Waals surface area contributed by atoms with E-state index in [2.05, 4.69) is 4.98 Å². The summed E-state index contributed by atoms with van der Waals surface area (Å²) in [6, 6.07) is 3.36. The van der Waals surface area contributed by atoms with Crippen LogP contribution in [-0.2, 0) is 9.47 Å².